The second-order valence-corrected chi connectivity index (χ2v) is 5.85. The molecule has 124 valence electrons. The van der Waals surface area contributed by atoms with Crippen molar-refractivity contribution in [3.05, 3.63) is 39.4 Å². The Hall–Kier alpha value is -2.44. The zero-order valence-corrected chi connectivity index (χ0v) is 13.3. The molecular weight excluding hydrogens is 300 g/mol. The van der Waals surface area contributed by atoms with E-state index >= 15 is 0 Å². The Bertz CT molecular complexity index is 621. The SMILES string of the molecule is Cc1c(C(=O)OCC(=O)N2CCC(C)CC2)cccc1[N+](=O)[O-]. The molecule has 1 aliphatic heterocycles. The first kappa shape index (κ1) is 16.9. The van der Waals surface area contributed by atoms with Crippen molar-refractivity contribution >= 4 is 17.6 Å². The van der Waals surface area contributed by atoms with Crippen molar-refractivity contribution in [1.82, 2.24) is 4.90 Å². The summed E-state index contributed by atoms with van der Waals surface area (Å²) >= 11 is 0. The third kappa shape index (κ3) is 4.06. The van der Waals surface area contributed by atoms with E-state index in [4.69, 9.17) is 4.74 Å². The van der Waals surface area contributed by atoms with E-state index in [1.165, 1.54) is 25.1 Å². The molecule has 0 atom stereocenters. The molecule has 7 heteroatoms. The van der Waals surface area contributed by atoms with Gasteiger partial charge in [-0.05, 0) is 31.7 Å². The lowest BCUT2D eigenvalue weighted by Crippen LogP contribution is -2.40. The monoisotopic (exact) mass is 320 g/mol. The Morgan fingerprint density at radius 1 is 1.35 bits per heavy atom. The molecule has 1 aromatic carbocycles. The first-order valence-electron chi connectivity index (χ1n) is 7.59. The number of nitro benzene ring substituents is 1. The van der Waals surface area contributed by atoms with Gasteiger partial charge < -0.3 is 9.64 Å². The number of piperidine rings is 1. The second-order valence-electron chi connectivity index (χ2n) is 5.85. The smallest absolute Gasteiger partial charge is 0.339 e. The molecule has 0 unspecified atom stereocenters. The fourth-order valence-corrected chi connectivity index (χ4v) is 2.60. The van der Waals surface area contributed by atoms with Crippen LogP contribution < -0.4 is 0 Å². The first-order valence-corrected chi connectivity index (χ1v) is 7.59. The minimum Gasteiger partial charge on any atom is -0.452 e. The van der Waals surface area contributed by atoms with Crippen LogP contribution in [-0.4, -0.2) is 41.4 Å². The van der Waals surface area contributed by atoms with Gasteiger partial charge in [-0.2, -0.15) is 0 Å². The van der Waals surface area contributed by atoms with E-state index < -0.39 is 10.9 Å². The van der Waals surface area contributed by atoms with Gasteiger partial charge in [-0.25, -0.2) is 4.79 Å². The largest absolute Gasteiger partial charge is 0.452 e. The van der Waals surface area contributed by atoms with Crippen LogP contribution in [0.25, 0.3) is 0 Å². The minimum atomic E-state index is -0.718. The average Bonchev–Trinajstić information content (AvgIpc) is 2.53. The van der Waals surface area contributed by atoms with E-state index in [1.54, 1.807) is 4.90 Å². The Kier molecular flexibility index (Phi) is 5.31. The van der Waals surface area contributed by atoms with Crippen LogP contribution in [0.3, 0.4) is 0 Å². The van der Waals surface area contributed by atoms with Crippen molar-refractivity contribution in [2.75, 3.05) is 19.7 Å². The molecule has 0 N–H and O–H groups in total. The number of nitro groups is 1. The van der Waals surface area contributed by atoms with Crippen LogP contribution >= 0.6 is 0 Å². The summed E-state index contributed by atoms with van der Waals surface area (Å²) in [5.74, 6) is -0.340. The Labute approximate surface area is 134 Å². The van der Waals surface area contributed by atoms with E-state index in [0.29, 0.717) is 19.0 Å². The predicted octanol–water partition coefficient (Wildman–Crippen LogP) is 2.32. The maximum Gasteiger partial charge on any atom is 0.339 e. The van der Waals surface area contributed by atoms with Crippen LogP contribution in [0.1, 0.15) is 35.7 Å². The highest BCUT2D eigenvalue weighted by Crippen LogP contribution is 2.22. The fourth-order valence-electron chi connectivity index (χ4n) is 2.60. The Morgan fingerprint density at radius 2 is 2.00 bits per heavy atom. The number of benzene rings is 1. The number of carbonyl (C=O) groups excluding carboxylic acids is 2. The molecule has 0 bridgehead atoms. The molecular formula is C16H20N2O5. The van der Waals surface area contributed by atoms with Gasteiger partial charge in [-0.1, -0.05) is 13.0 Å². The lowest BCUT2D eigenvalue weighted by atomic mass is 9.99. The number of rotatable bonds is 4. The zero-order chi connectivity index (χ0) is 17.0. The van der Waals surface area contributed by atoms with Crippen LogP contribution in [0.4, 0.5) is 5.69 Å². The third-order valence-electron chi connectivity index (χ3n) is 4.18. The van der Waals surface area contributed by atoms with Gasteiger partial charge in [0.2, 0.25) is 0 Å². The van der Waals surface area contributed by atoms with Crippen molar-refractivity contribution < 1.29 is 19.2 Å². The number of carbonyl (C=O) groups is 2. The first-order chi connectivity index (χ1) is 10.9. The predicted molar refractivity (Wildman–Crippen MR) is 83.1 cm³/mol. The molecule has 1 fully saturated rings. The lowest BCUT2D eigenvalue weighted by Gasteiger charge is -2.30. The van der Waals surface area contributed by atoms with Gasteiger partial charge in [0, 0.05) is 24.7 Å². The summed E-state index contributed by atoms with van der Waals surface area (Å²) in [6.45, 7) is 4.64. The van der Waals surface area contributed by atoms with Crippen molar-refractivity contribution in [1.29, 1.82) is 0 Å². The summed E-state index contributed by atoms with van der Waals surface area (Å²) < 4.78 is 5.03. The topological polar surface area (TPSA) is 89.8 Å². The minimum absolute atomic E-state index is 0.110. The molecule has 1 saturated heterocycles. The average molecular weight is 320 g/mol. The molecule has 1 aliphatic rings. The van der Waals surface area contributed by atoms with Crippen molar-refractivity contribution in [2.45, 2.75) is 26.7 Å². The van der Waals surface area contributed by atoms with Gasteiger partial charge >= 0.3 is 5.97 Å². The highest BCUT2D eigenvalue weighted by atomic mass is 16.6. The fraction of sp³-hybridized carbons (Fsp3) is 0.500. The Morgan fingerprint density at radius 3 is 2.61 bits per heavy atom. The second kappa shape index (κ2) is 7.21. The lowest BCUT2D eigenvalue weighted by molar-refractivity contribution is -0.385. The van der Waals surface area contributed by atoms with Gasteiger partial charge in [-0.15, -0.1) is 0 Å². The van der Waals surface area contributed by atoms with Crippen LogP contribution in [-0.2, 0) is 9.53 Å². The molecule has 0 aliphatic carbocycles. The van der Waals surface area contributed by atoms with Crippen molar-refractivity contribution in [3.63, 3.8) is 0 Å². The highest BCUT2D eigenvalue weighted by Gasteiger charge is 2.23. The Balaban J connectivity index is 1.96. The number of ether oxygens (including phenoxy) is 1. The van der Waals surface area contributed by atoms with Crippen LogP contribution in [0.15, 0.2) is 18.2 Å². The van der Waals surface area contributed by atoms with Gasteiger partial charge in [0.1, 0.15) is 0 Å². The van der Waals surface area contributed by atoms with E-state index in [1.807, 2.05) is 0 Å². The van der Waals surface area contributed by atoms with E-state index in [9.17, 15) is 19.7 Å². The van der Waals surface area contributed by atoms with E-state index in [2.05, 4.69) is 6.92 Å². The highest BCUT2D eigenvalue weighted by molar-refractivity contribution is 5.93. The molecule has 1 amide bonds. The van der Waals surface area contributed by atoms with Crippen LogP contribution in [0.2, 0.25) is 0 Å². The number of hydrogen-bond acceptors (Lipinski definition) is 5. The number of likely N-dealkylation sites (tertiary alicyclic amines) is 1. The van der Waals surface area contributed by atoms with Gasteiger partial charge in [0.25, 0.3) is 11.6 Å². The molecule has 2 rings (SSSR count). The normalized spacial score (nSPS) is 15.3. The molecule has 0 radical (unpaired) electrons. The summed E-state index contributed by atoms with van der Waals surface area (Å²) in [6.07, 6.45) is 1.90. The summed E-state index contributed by atoms with van der Waals surface area (Å²) in [5.41, 5.74) is 0.205. The zero-order valence-electron chi connectivity index (χ0n) is 13.3. The number of hydrogen-bond donors (Lipinski definition) is 0. The van der Waals surface area contributed by atoms with Crippen LogP contribution in [0, 0.1) is 23.0 Å². The standard InChI is InChI=1S/C16H20N2O5/c1-11-6-8-17(9-7-11)15(19)10-23-16(20)13-4-3-5-14(12(13)2)18(21)22/h3-5,11H,6-10H2,1-2H3. The molecule has 1 heterocycles. The third-order valence-corrected chi connectivity index (χ3v) is 4.18. The number of nitrogens with zero attached hydrogens (tertiary/aromatic N) is 2. The van der Waals surface area contributed by atoms with Crippen molar-refractivity contribution in [2.24, 2.45) is 5.92 Å². The number of esters is 1. The molecule has 23 heavy (non-hydrogen) atoms. The van der Waals surface area contributed by atoms with Gasteiger partial charge in [0.05, 0.1) is 10.5 Å². The molecule has 7 nitrogen and oxygen atoms in total. The van der Waals surface area contributed by atoms with Crippen LogP contribution in [0.5, 0.6) is 0 Å². The molecule has 0 saturated carbocycles. The van der Waals surface area contributed by atoms with Gasteiger partial charge in [0.15, 0.2) is 6.61 Å². The molecule has 0 aromatic heterocycles. The molecule has 0 spiro atoms. The summed E-state index contributed by atoms with van der Waals surface area (Å²) in [7, 11) is 0. The van der Waals surface area contributed by atoms with Gasteiger partial charge in [-0.3, -0.25) is 14.9 Å². The molecule has 1 aromatic rings. The summed E-state index contributed by atoms with van der Waals surface area (Å²) in [5, 5.41) is 10.9. The van der Waals surface area contributed by atoms with Crippen molar-refractivity contribution in [3.8, 4) is 0 Å². The van der Waals surface area contributed by atoms with E-state index in [-0.39, 0.29) is 29.3 Å². The summed E-state index contributed by atoms with van der Waals surface area (Å²) in [6, 6.07) is 4.21. The maximum atomic E-state index is 12.1. The number of amides is 1. The summed E-state index contributed by atoms with van der Waals surface area (Å²) in [4.78, 5) is 36.1. The maximum absolute atomic E-state index is 12.1. The van der Waals surface area contributed by atoms with E-state index in [0.717, 1.165) is 12.8 Å². The quantitative estimate of drug-likeness (QED) is 0.482.